The third kappa shape index (κ3) is 3.54. The van der Waals surface area contributed by atoms with E-state index >= 15 is 0 Å². The van der Waals surface area contributed by atoms with Gasteiger partial charge < -0.3 is 9.73 Å². The Bertz CT molecular complexity index is 1170. The summed E-state index contributed by atoms with van der Waals surface area (Å²) in [6.45, 7) is 6.15. The number of nitrogens with zero attached hydrogens (tertiary/aromatic N) is 1. The van der Waals surface area contributed by atoms with Gasteiger partial charge in [0.2, 0.25) is 5.89 Å². The summed E-state index contributed by atoms with van der Waals surface area (Å²) in [6.07, 6.45) is 0.956. The van der Waals surface area contributed by atoms with Gasteiger partial charge >= 0.3 is 0 Å². The number of carbonyl (C=O) groups is 1. The minimum absolute atomic E-state index is 0.134. The Morgan fingerprint density at radius 1 is 1.00 bits per heavy atom. The molecular weight excluding hydrogens is 348 g/mol. The lowest BCUT2D eigenvalue weighted by molar-refractivity contribution is 0.102. The van der Waals surface area contributed by atoms with Crippen molar-refractivity contribution in [2.24, 2.45) is 0 Å². The summed E-state index contributed by atoms with van der Waals surface area (Å²) in [6, 6.07) is 19.3. The smallest absolute Gasteiger partial charge is 0.255 e. The molecule has 1 aromatic heterocycles. The van der Waals surface area contributed by atoms with E-state index in [1.54, 1.807) is 0 Å². The molecule has 4 nitrogen and oxygen atoms in total. The fourth-order valence-corrected chi connectivity index (χ4v) is 3.13. The number of benzene rings is 3. The molecule has 4 aromatic rings. The number of anilines is 1. The van der Waals surface area contributed by atoms with Crippen molar-refractivity contribution >= 4 is 22.7 Å². The first-order chi connectivity index (χ1) is 13.5. The predicted octanol–water partition coefficient (Wildman–Crippen LogP) is 5.93. The van der Waals surface area contributed by atoms with E-state index in [-0.39, 0.29) is 5.91 Å². The Balaban J connectivity index is 1.60. The first kappa shape index (κ1) is 18.0. The number of carbonyl (C=O) groups excluding carboxylic acids is 1. The fraction of sp³-hybridized carbons (Fsp3) is 0.167. The Kier molecular flexibility index (Phi) is 4.70. The molecule has 1 heterocycles. The summed E-state index contributed by atoms with van der Waals surface area (Å²) in [5.74, 6) is 0.413. The van der Waals surface area contributed by atoms with Crippen LogP contribution in [-0.2, 0) is 6.42 Å². The van der Waals surface area contributed by atoms with Crippen LogP contribution in [0.1, 0.15) is 34.0 Å². The monoisotopic (exact) mass is 370 g/mol. The zero-order valence-corrected chi connectivity index (χ0v) is 16.2. The van der Waals surface area contributed by atoms with Gasteiger partial charge in [-0.05, 0) is 79.4 Å². The third-order valence-corrected chi connectivity index (χ3v) is 5.00. The van der Waals surface area contributed by atoms with Gasteiger partial charge in [-0.3, -0.25) is 4.79 Å². The molecule has 0 saturated carbocycles. The number of aryl methyl sites for hydroxylation is 3. The first-order valence-electron chi connectivity index (χ1n) is 9.42. The maximum atomic E-state index is 12.6. The molecule has 28 heavy (non-hydrogen) atoms. The van der Waals surface area contributed by atoms with Gasteiger partial charge in [0.1, 0.15) is 5.52 Å². The molecule has 0 aliphatic rings. The second-order valence-corrected chi connectivity index (χ2v) is 7.01. The number of fused-ring (bicyclic) bond motifs is 1. The highest BCUT2D eigenvalue weighted by Gasteiger charge is 2.11. The Labute approximate surface area is 164 Å². The van der Waals surface area contributed by atoms with E-state index in [1.165, 1.54) is 11.1 Å². The van der Waals surface area contributed by atoms with Crippen molar-refractivity contribution in [2.75, 3.05) is 5.32 Å². The number of hydrogen-bond donors (Lipinski definition) is 1. The van der Waals surface area contributed by atoms with E-state index in [2.05, 4.69) is 23.3 Å². The number of aromatic nitrogens is 1. The Morgan fingerprint density at radius 2 is 1.86 bits per heavy atom. The van der Waals surface area contributed by atoms with E-state index in [1.807, 2.05) is 68.4 Å². The van der Waals surface area contributed by atoms with E-state index in [4.69, 9.17) is 4.42 Å². The molecule has 0 saturated heterocycles. The zero-order chi connectivity index (χ0) is 19.7. The molecular formula is C24H22N2O2. The molecule has 0 aliphatic carbocycles. The van der Waals surface area contributed by atoms with Crippen LogP contribution in [0.2, 0.25) is 0 Å². The molecule has 0 radical (unpaired) electrons. The normalized spacial score (nSPS) is 11.0. The van der Waals surface area contributed by atoms with Crippen LogP contribution in [0.25, 0.3) is 22.6 Å². The highest BCUT2D eigenvalue weighted by atomic mass is 16.3. The Hall–Kier alpha value is -3.40. The second kappa shape index (κ2) is 7.31. The van der Waals surface area contributed by atoms with Crippen molar-refractivity contribution in [2.45, 2.75) is 27.2 Å². The number of hydrogen-bond acceptors (Lipinski definition) is 3. The summed E-state index contributed by atoms with van der Waals surface area (Å²) in [4.78, 5) is 17.2. The van der Waals surface area contributed by atoms with Gasteiger partial charge in [0.15, 0.2) is 5.58 Å². The van der Waals surface area contributed by atoms with Crippen molar-refractivity contribution in [1.82, 2.24) is 4.98 Å². The minimum atomic E-state index is -0.134. The van der Waals surface area contributed by atoms with Gasteiger partial charge in [0, 0.05) is 16.8 Å². The maximum absolute atomic E-state index is 12.6. The number of nitrogens with one attached hydrogen (secondary N) is 1. The van der Waals surface area contributed by atoms with Crippen molar-refractivity contribution in [1.29, 1.82) is 0 Å². The average Bonchev–Trinajstić information content (AvgIpc) is 3.13. The van der Waals surface area contributed by atoms with Crippen LogP contribution >= 0.6 is 0 Å². The van der Waals surface area contributed by atoms with Gasteiger partial charge in [-0.15, -0.1) is 0 Å². The summed E-state index contributed by atoms with van der Waals surface area (Å²) in [7, 11) is 0. The predicted molar refractivity (Wildman–Crippen MR) is 113 cm³/mol. The highest BCUT2D eigenvalue weighted by Crippen LogP contribution is 2.27. The van der Waals surface area contributed by atoms with E-state index in [0.29, 0.717) is 17.1 Å². The van der Waals surface area contributed by atoms with Crippen LogP contribution in [0.3, 0.4) is 0 Å². The Morgan fingerprint density at radius 3 is 2.64 bits per heavy atom. The third-order valence-electron chi connectivity index (χ3n) is 5.00. The molecule has 4 rings (SSSR count). The molecule has 0 atom stereocenters. The largest absolute Gasteiger partial charge is 0.436 e. The molecule has 4 heteroatoms. The maximum Gasteiger partial charge on any atom is 0.255 e. The van der Waals surface area contributed by atoms with Gasteiger partial charge in [-0.1, -0.05) is 25.1 Å². The van der Waals surface area contributed by atoms with Crippen LogP contribution in [0.5, 0.6) is 0 Å². The standard InChI is InChI=1S/C24H22N2O2/c1-4-17-9-11-22-21(13-17)26-24(28-22)19-6-5-7-20(14-19)25-23(27)18-10-8-15(2)16(3)12-18/h5-14H,4H2,1-3H3,(H,25,27). The molecule has 1 N–H and O–H groups in total. The van der Waals surface area contributed by atoms with Gasteiger partial charge in [0.05, 0.1) is 0 Å². The topological polar surface area (TPSA) is 55.1 Å². The molecule has 0 fully saturated rings. The molecule has 140 valence electrons. The van der Waals surface area contributed by atoms with Crippen molar-refractivity contribution < 1.29 is 9.21 Å². The van der Waals surface area contributed by atoms with Gasteiger partial charge in [-0.2, -0.15) is 0 Å². The number of amides is 1. The lowest BCUT2D eigenvalue weighted by atomic mass is 10.1. The van der Waals surface area contributed by atoms with Crippen molar-refractivity contribution in [3.05, 3.63) is 82.9 Å². The quantitative estimate of drug-likeness (QED) is 0.485. The summed E-state index contributed by atoms with van der Waals surface area (Å²) >= 11 is 0. The van der Waals surface area contributed by atoms with E-state index in [9.17, 15) is 4.79 Å². The fourth-order valence-electron chi connectivity index (χ4n) is 3.13. The number of oxazole rings is 1. The molecule has 3 aromatic carbocycles. The van der Waals surface area contributed by atoms with Crippen molar-refractivity contribution in [3.63, 3.8) is 0 Å². The first-order valence-corrected chi connectivity index (χ1v) is 9.42. The molecule has 0 bridgehead atoms. The molecule has 0 aliphatic heterocycles. The zero-order valence-electron chi connectivity index (χ0n) is 16.2. The molecule has 1 amide bonds. The summed E-state index contributed by atoms with van der Waals surface area (Å²) in [5, 5.41) is 2.96. The van der Waals surface area contributed by atoms with Crippen LogP contribution in [0.4, 0.5) is 5.69 Å². The van der Waals surface area contributed by atoms with Crippen LogP contribution in [0.15, 0.2) is 65.1 Å². The average molecular weight is 370 g/mol. The molecule has 0 spiro atoms. The van der Waals surface area contributed by atoms with E-state index in [0.717, 1.165) is 28.6 Å². The number of rotatable bonds is 4. The van der Waals surface area contributed by atoms with Gasteiger partial charge in [0.25, 0.3) is 5.91 Å². The van der Waals surface area contributed by atoms with Gasteiger partial charge in [-0.25, -0.2) is 4.98 Å². The minimum Gasteiger partial charge on any atom is -0.436 e. The van der Waals surface area contributed by atoms with Crippen LogP contribution in [-0.4, -0.2) is 10.9 Å². The van der Waals surface area contributed by atoms with Crippen LogP contribution in [0, 0.1) is 13.8 Å². The SMILES string of the molecule is CCc1ccc2oc(-c3cccc(NC(=O)c4ccc(C)c(C)c4)c3)nc2c1. The summed E-state index contributed by atoms with van der Waals surface area (Å²) < 4.78 is 5.90. The molecule has 0 unspecified atom stereocenters. The summed E-state index contributed by atoms with van der Waals surface area (Å²) in [5.41, 5.74) is 7.27. The van der Waals surface area contributed by atoms with Crippen molar-refractivity contribution in [3.8, 4) is 11.5 Å². The lowest BCUT2D eigenvalue weighted by Crippen LogP contribution is -2.12. The van der Waals surface area contributed by atoms with E-state index < -0.39 is 0 Å². The lowest BCUT2D eigenvalue weighted by Gasteiger charge is -2.08. The second-order valence-electron chi connectivity index (χ2n) is 7.01. The van der Waals surface area contributed by atoms with Crippen LogP contribution < -0.4 is 5.32 Å². The highest BCUT2D eigenvalue weighted by molar-refractivity contribution is 6.04.